The van der Waals surface area contributed by atoms with E-state index in [1.54, 1.807) is 0 Å². The van der Waals surface area contributed by atoms with Crippen LogP contribution in [0.2, 0.25) is 0 Å². The molecular formula is C26H28F3NO2S. The highest BCUT2D eigenvalue weighted by Crippen LogP contribution is 2.35. The molecule has 1 N–H and O–H groups in total. The van der Waals surface area contributed by atoms with Gasteiger partial charge in [0.1, 0.15) is 5.01 Å². The van der Waals surface area contributed by atoms with Gasteiger partial charge in [-0.3, -0.25) is 4.79 Å². The van der Waals surface area contributed by atoms with Crippen LogP contribution in [0.4, 0.5) is 13.2 Å². The summed E-state index contributed by atoms with van der Waals surface area (Å²) in [5.41, 5.74) is 3.68. The quantitative estimate of drug-likeness (QED) is 0.339. The van der Waals surface area contributed by atoms with Crippen LogP contribution in [0.15, 0.2) is 42.5 Å². The van der Waals surface area contributed by atoms with Crippen LogP contribution < -0.4 is 0 Å². The molecule has 0 radical (unpaired) electrons. The lowest BCUT2D eigenvalue weighted by molar-refractivity contribution is -0.137. The van der Waals surface area contributed by atoms with Crippen molar-refractivity contribution in [1.82, 2.24) is 4.98 Å². The highest BCUT2D eigenvalue weighted by atomic mass is 32.1. The molecule has 2 aromatic carbocycles. The SMILES string of the molecule is Cc1cc(C(=O)CCc2sc(-c3ccc(C(F)(F)F)cc3)nc2C(C)C)ccc1CCCO. The van der Waals surface area contributed by atoms with Crippen molar-refractivity contribution < 1.29 is 23.1 Å². The van der Waals surface area contributed by atoms with E-state index in [1.165, 1.54) is 23.5 Å². The van der Waals surface area contributed by atoms with Crippen LogP contribution in [0, 0.1) is 6.92 Å². The van der Waals surface area contributed by atoms with Crippen LogP contribution in [0.3, 0.4) is 0 Å². The second-order valence-electron chi connectivity index (χ2n) is 8.45. The van der Waals surface area contributed by atoms with E-state index in [4.69, 9.17) is 5.11 Å². The molecule has 0 unspecified atom stereocenters. The lowest BCUT2D eigenvalue weighted by Gasteiger charge is -2.08. The fourth-order valence-electron chi connectivity index (χ4n) is 3.71. The van der Waals surface area contributed by atoms with Crippen LogP contribution in [-0.2, 0) is 19.0 Å². The average Bonchev–Trinajstić information content (AvgIpc) is 3.21. The second kappa shape index (κ2) is 10.6. The summed E-state index contributed by atoms with van der Waals surface area (Å²) in [5, 5.41) is 9.68. The predicted molar refractivity (Wildman–Crippen MR) is 126 cm³/mol. The average molecular weight is 476 g/mol. The number of alkyl halides is 3. The molecule has 1 aromatic heterocycles. The lowest BCUT2D eigenvalue weighted by Crippen LogP contribution is -2.04. The van der Waals surface area contributed by atoms with Crippen molar-refractivity contribution in [2.75, 3.05) is 6.61 Å². The maximum Gasteiger partial charge on any atom is 0.416 e. The fourth-order valence-corrected chi connectivity index (χ4v) is 4.93. The Bertz CT molecular complexity index is 1100. The largest absolute Gasteiger partial charge is 0.416 e. The number of nitrogens with zero attached hydrogens (tertiary/aromatic N) is 1. The van der Waals surface area contributed by atoms with Crippen LogP contribution in [0.25, 0.3) is 10.6 Å². The zero-order valence-corrected chi connectivity index (χ0v) is 19.8. The van der Waals surface area contributed by atoms with Gasteiger partial charge in [0.25, 0.3) is 0 Å². The molecule has 0 amide bonds. The summed E-state index contributed by atoms with van der Waals surface area (Å²) in [4.78, 5) is 18.5. The first-order valence-corrected chi connectivity index (χ1v) is 11.8. The highest BCUT2D eigenvalue weighted by Gasteiger charge is 2.30. The normalized spacial score (nSPS) is 11.9. The lowest BCUT2D eigenvalue weighted by atomic mass is 9.97. The van der Waals surface area contributed by atoms with Crippen molar-refractivity contribution in [2.24, 2.45) is 0 Å². The Balaban J connectivity index is 1.75. The highest BCUT2D eigenvalue weighted by molar-refractivity contribution is 7.15. The van der Waals surface area contributed by atoms with Crippen molar-refractivity contribution in [2.45, 2.75) is 58.5 Å². The number of ketones is 1. The number of hydrogen-bond acceptors (Lipinski definition) is 4. The molecule has 7 heteroatoms. The minimum absolute atomic E-state index is 0.0472. The van der Waals surface area contributed by atoms with Gasteiger partial charge in [0, 0.05) is 29.0 Å². The van der Waals surface area contributed by atoms with E-state index < -0.39 is 11.7 Å². The third-order valence-electron chi connectivity index (χ3n) is 5.58. The van der Waals surface area contributed by atoms with Crippen molar-refractivity contribution in [3.8, 4) is 10.6 Å². The van der Waals surface area contributed by atoms with Crippen molar-refractivity contribution in [3.05, 3.63) is 75.3 Å². The number of carbonyl (C=O) groups excluding carboxylic acids is 1. The van der Waals surface area contributed by atoms with Gasteiger partial charge < -0.3 is 5.11 Å². The number of halogens is 3. The molecule has 0 aliphatic heterocycles. The molecule has 0 saturated heterocycles. The van der Waals surface area contributed by atoms with E-state index in [0.717, 1.165) is 40.3 Å². The van der Waals surface area contributed by atoms with Gasteiger partial charge in [-0.05, 0) is 61.4 Å². The Hall–Kier alpha value is -2.51. The van der Waals surface area contributed by atoms with Crippen LogP contribution in [0.1, 0.15) is 70.2 Å². The Morgan fingerprint density at radius 1 is 1.09 bits per heavy atom. The summed E-state index contributed by atoms with van der Waals surface area (Å²) in [6.45, 7) is 6.15. The number of aliphatic hydroxyl groups excluding tert-OH is 1. The molecule has 0 bridgehead atoms. The molecule has 176 valence electrons. The third kappa shape index (κ3) is 6.30. The molecule has 1 heterocycles. The molecule has 0 aliphatic carbocycles. The summed E-state index contributed by atoms with van der Waals surface area (Å²) >= 11 is 1.44. The number of hydrogen-bond donors (Lipinski definition) is 1. The fraction of sp³-hybridized carbons (Fsp3) is 0.385. The van der Waals surface area contributed by atoms with Gasteiger partial charge in [0.15, 0.2) is 5.78 Å². The Labute approximate surface area is 196 Å². The first-order chi connectivity index (χ1) is 15.6. The minimum atomic E-state index is -4.37. The Kier molecular flexibility index (Phi) is 8.08. The van der Waals surface area contributed by atoms with E-state index in [0.29, 0.717) is 35.4 Å². The number of rotatable bonds is 9. The van der Waals surface area contributed by atoms with Crippen LogP contribution in [0.5, 0.6) is 0 Å². The maximum absolute atomic E-state index is 12.9. The van der Waals surface area contributed by atoms with E-state index in [1.807, 2.05) is 39.0 Å². The summed E-state index contributed by atoms with van der Waals surface area (Å²) in [6.07, 6.45) is -2.02. The van der Waals surface area contributed by atoms with Crippen molar-refractivity contribution >= 4 is 17.1 Å². The molecular weight excluding hydrogens is 447 g/mol. The number of aryl methyl sites for hydroxylation is 3. The van der Waals surface area contributed by atoms with E-state index in [-0.39, 0.29) is 18.3 Å². The Morgan fingerprint density at radius 3 is 2.36 bits per heavy atom. The summed E-state index contributed by atoms with van der Waals surface area (Å²) < 4.78 is 38.6. The minimum Gasteiger partial charge on any atom is -0.396 e. The molecule has 0 spiro atoms. The van der Waals surface area contributed by atoms with Gasteiger partial charge >= 0.3 is 6.18 Å². The first kappa shape index (κ1) is 25.1. The standard InChI is InChI=1S/C26H28F3NO2S/c1-16(2)24-23(33-25(30-24)19-8-10-21(11-9-19)26(27,28)29)13-12-22(32)20-7-6-18(5-4-14-31)17(3)15-20/h6-11,15-16,31H,4-5,12-14H2,1-3H3. The van der Waals surface area contributed by atoms with E-state index in [9.17, 15) is 18.0 Å². The van der Waals surface area contributed by atoms with E-state index >= 15 is 0 Å². The first-order valence-electron chi connectivity index (χ1n) is 11.0. The number of carbonyl (C=O) groups is 1. The van der Waals surface area contributed by atoms with Crippen LogP contribution >= 0.6 is 11.3 Å². The second-order valence-corrected chi connectivity index (χ2v) is 9.53. The molecule has 3 nitrogen and oxygen atoms in total. The number of thiazole rings is 1. The topological polar surface area (TPSA) is 50.2 Å². The molecule has 0 fully saturated rings. The number of aliphatic hydroxyl groups is 1. The number of aromatic nitrogens is 1. The van der Waals surface area contributed by atoms with Crippen molar-refractivity contribution in [1.29, 1.82) is 0 Å². The Morgan fingerprint density at radius 2 is 1.79 bits per heavy atom. The zero-order chi connectivity index (χ0) is 24.2. The zero-order valence-electron chi connectivity index (χ0n) is 19.0. The molecule has 3 rings (SSSR count). The molecule has 0 atom stereocenters. The van der Waals surface area contributed by atoms with Gasteiger partial charge in [0.2, 0.25) is 0 Å². The van der Waals surface area contributed by atoms with Crippen molar-refractivity contribution in [3.63, 3.8) is 0 Å². The van der Waals surface area contributed by atoms with Gasteiger partial charge in [-0.1, -0.05) is 38.1 Å². The van der Waals surface area contributed by atoms with Gasteiger partial charge in [0.05, 0.1) is 11.3 Å². The summed E-state index contributed by atoms with van der Waals surface area (Å²) in [7, 11) is 0. The van der Waals surface area contributed by atoms with Gasteiger partial charge in [-0.15, -0.1) is 11.3 Å². The molecule has 0 saturated carbocycles. The molecule has 0 aliphatic rings. The maximum atomic E-state index is 12.9. The number of benzene rings is 2. The van der Waals surface area contributed by atoms with Crippen LogP contribution in [-0.4, -0.2) is 22.5 Å². The van der Waals surface area contributed by atoms with Gasteiger partial charge in [-0.2, -0.15) is 13.2 Å². The molecule has 33 heavy (non-hydrogen) atoms. The monoisotopic (exact) mass is 475 g/mol. The molecule has 3 aromatic rings. The van der Waals surface area contributed by atoms with Gasteiger partial charge in [-0.25, -0.2) is 4.98 Å². The van der Waals surface area contributed by atoms with E-state index in [2.05, 4.69) is 4.98 Å². The summed E-state index contributed by atoms with van der Waals surface area (Å²) in [5.74, 6) is 0.189. The third-order valence-corrected chi connectivity index (χ3v) is 6.76. The summed E-state index contributed by atoms with van der Waals surface area (Å²) in [6, 6.07) is 10.7. The smallest absolute Gasteiger partial charge is 0.396 e. The number of Topliss-reactive ketones (excluding diaryl/α,β-unsaturated/α-hetero) is 1. The predicted octanol–water partition coefficient (Wildman–Crippen LogP) is 7.00.